The monoisotopic (exact) mass is 429 g/mol. The molecule has 0 aliphatic rings. The van der Waals surface area contributed by atoms with Crippen LogP contribution in [-0.2, 0) is 20.0 Å². The molecule has 5 N–H and O–H groups in total. The molecule has 3 heterocycles. The van der Waals surface area contributed by atoms with E-state index in [4.69, 9.17) is 10.3 Å². The van der Waals surface area contributed by atoms with Gasteiger partial charge < -0.3 is 4.98 Å². The number of hydrogen-bond donors (Lipinski definition) is 3. The molecule has 0 atom stereocenters. The van der Waals surface area contributed by atoms with Crippen molar-refractivity contribution in [1.82, 2.24) is 15.0 Å². The minimum Gasteiger partial charge on any atom is -0.339 e. The maximum Gasteiger partial charge on any atom is 0.255 e. The van der Waals surface area contributed by atoms with Gasteiger partial charge in [-0.2, -0.15) is 0 Å². The van der Waals surface area contributed by atoms with E-state index in [2.05, 4.69) is 15.0 Å². The summed E-state index contributed by atoms with van der Waals surface area (Å²) < 4.78 is 46.5. The highest BCUT2D eigenvalue weighted by molar-refractivity contribution is 7.89. The molecule has 0 aliphatic heterocycles. The van der Waals surface area contributed by atoms with Gasteiger partial charge in [0.2, 0.25) is 10.0 Å². The maximum absolute atomic E-state index is 11.6. The Morgan fingerprint density at radius 3 is 2.28 bits per heavy atom. The third-order valence-electron chi connectivity index (χ3n) is 4.34. The number of sulfonamides is 2. The van der Waals surface area contributed by atoms with Crippen LogP contribution in [0.1, 0.15) is 0 Å². The van der Waals surface area contributed by atoms with Crippen LogP contribution in [-0.4, -0.2) is 31.8 Å². The Morgan fingerprint density at radius 2 is 1.55 bits per heavy atom. The molecule has 4 aromatic rings. The van der Waals surface area contributed by atoms with E-state index in [0.717, 1.165) is 5.39 Å². The van der Waals surface area contributed by atoms with Crippen LogP contribution in [0.25, 0.3) is 33.4 Å². The summed E-state index contributed by atoms with van der Waals surface area (Å²) in [5, 5.41) is 10.9. The van der Waals surface area contributed by atoms with Gasteiger partial charge in [0.25, 0.3) is 10.0 Å². The number of aromatic amines is 1. The normalized spacial score (nSPS) is 12.3. The van der Waals surface area contributed by atoms with E-state index >= 15 is 0 Å². The molecular formula is C18H15N5O4S2. The van der Waals surface area contributed by atoms with Crippen molar-refractivity contribution in [3.05, 3.63) is 60.9 Å². The van der Waals surface area contributed by atoms with Gasteiger partial charge in [-0.25, -0.2) is 37.1 Å². The number of fused-ring (bicyclic) bond motifs is 1. The molecule has 0 bridgehead atoms. The fourth-order valence-corrected chi connectivity index (χ4v) is 4.07. The zero-order chi connectivity index (χ0) is 20.8. The summed E-state index contributed by atoms with van der Waals surface area (Å²) in [6, 6.07) is 12.8. The van der Waals surface area contributed by atoms with Gasteiger partial charge in [0, 0.05) is 23.5 Å². The Hall–Kier alpha value is -3.12. The van der Waals surface area contributed by atoms with Gasteiger partial charge in [-0.1, -0.05) is 12.1 Å². The van der Waals surface area contributed by atoms with Crippen LogP contribution < -0.4 is 10.3 Å². The second-order valence-corrected chi connectivity index (χ2v) is 9.37. The summed E-state index contributed by atoms with van der Waals surface area (Å²) in [6.07, 6.45) is 2.94. The van der Waals surface area contributed by atoms with Gasteiger partial charge in [-0.3, -0.25) is 0 Å². The lowest BCUT2D eigenvalue weighted by atomic mass is 10.0. The first-order valence-corrected chi connectivity index (χ1v) is 11.3. The predicted molar refractivity (Wildman–Crippen MR) is 108 cm³/mol. The van der Waals surface area contributed by atoms with Gasteiger partial charge in [0.1, 0.15) is 5.65 Å². The van der Waals surface area contributed by atoms with E-state index in [1.165, 1.54) is 24.4 Å². The Labute approximate surface area is 166 Å². The Morgan fingerprint density at radius 1 is 0.793 bits per heavy atom. The Balaban J connectivity index is 1.88. The lowest BCUT2D eigenvalue weighted by Gasteiger charge is -2.04. The second kappa shape index (κ2) is 6.74. The first-order valence-electron chi connectivity index (χ1n) is 8.23. The molecule has 9 nitrogen and oxygen atoms in total. The number of aromatic nitrogens is 3. The summed E-state index contributed by atoms with van der Waals surface area (Å²) in [5.74, 6) is 0. The third kappa shape index (κ3) is 3.76. The minimum absolute atomic E-state index is 0.00577. The fourth-order valence-electron chi connectivity index (χ4n) is 3.01. The van der Waals surface area contributed by atoms with Gasteiger partial charge in [-0.15, -0.1) is 0 Å². The average molecular weight is 429 g/mol. The highest BCUT2D eigenvalue weighted by Gasteiger charge is 2.15. The summed E-state index contributed by atoms with van der Waals surface area (Å²) >= 11 is 0. The Kier molecular flexibility index (Phi) is 4.46. The molecule has 0 unspecified atom stereocenters. The van der Waals surface area contributed by atoms with Crippen LogP contribution in [0.2, 0.25) is 0 Å². The van der Waals surface area contributed by atoms with Gasteiger partial charge >= 0.3 is 0 Å². The summed E-state index contributed by atoms with van der Waals surface area (Å²) in [5.41, 5.74) is 3.10. The van der Waals surface area contributed by atoms with E-state index < -0.39 is 20.0 Å². The Bertz CT molecular complexity index is 1460. The molecule has 148 valence electrons. The van der Waals surface area contributed by atoms with Gasteiger partial charge in [0.15, 0.2) is 5.03 Å². The second-order valence-electron chi connectivity index (χ2n) is 6.30. The first kappa shape index (κ1) is 19.2. The number of benzene rings is 1. The number of rotatable bonds is 4. The van der Waals surface area contributed by atoms with Crippen LogP contribution >= 0.6 is 0 Å². The van der Waals surface area contributed by atoms with E-state index in [-0.39, 0.29) is 9.92 Å². The smallest absolute Gasteiger partial charge is 0.255 e. The molecule has 0 radical (unpaired) electrons. The number of H-pyrrole nitrogens is 1. The van der Waals surface area contributed by atoms with E-state index in [1.807, 2.05) is 0 Å². The molecule has 0 fully saturated rings. The molecule has 29 heavy (non-hydrogen) atoms. The number of nitrogens with zero attached hydrogens (tertiary/aromatic N) is 2. The zero-order valence-electron chi connectivity index (χ0n) is 14.8. The lowest BCUT2D eigenvalue weighted by molar-refractivity contribution is 0.593. The molecule has 0 saturated carbocycles. The number of hydrogen-bond acceptors (Lipinski definition) is 6. The average Bonchev–Trinajstić information content (AvgIpc) is 3.11. The van der Waals surface area contributed by atoms with Crippen molar-refractivity contribution >= 4 is 31.1 Å². The first-order chi connectivity index (χ1) is 13.6. The summed E-state index contributed by atoms with van der Waals surface area (Å²) in [7, 11) is -7.78. The van der Waals surface area contributed by atoms with E-state index in [0.29, 0.717) is 28.0 Å². The maximum atomic E-state index is 11.6. The van der Waals surface area contributed by atoms with Crippen molar-refractivity contribution in [1.29, 1.82) is 0 Å². The van der Waals surface area contributed by atoms with Crippen LogP contribution in [0.3, 0.4) is 0 Å². The quantitative estimate of drug-likeness (QED) is 0.446. The molecule has 0 saturated heterocycles. The van der Waals surface area contributed by atoms with Crippen molar-refractivity contribution in [2.45, 2.75) is 9.92 Å². The fraction of sp³-hybridized carbons (Fsp3) is 0. The summed E-state index contributed by atoms with van der Waals surface area (Å²) in [6.45, 7) is 0. The molecule has 4 rings (SSSR count). The highest BCUT2D eigenvalue weighted by Crippen LogP contribution is 2.32. The van der Waals surface area contributed by atoms with Crippen LogP contribution in [0.4, 0.5) is 0 Å². The summed E-state index contributed by atoms with van der Waals surface area (Å²) in [4.78, 5) is 11.2. The van der Waals surface area contributed by atoms with E-state index in [1.54, 1.807) is 36.5 Å². The molecular weight excluding hydrogens is 414 g/mol. The largest absolute Gasteiger partial charge is 0.339 e. The van der Waals surface area contributed by atoms with E-state index in [9.17, 15) is 16.8 Å². The van der Waals surface area contributed by atoms with Crippen molar-refractivity contribution in [2.24, 2.45) is 10.3 Å². The number of primary sulfonamides is 2. The topological polar surface area (TPSA) is 162 Å². The zero-order valence-corrected chi connectivity index (χ0v) is 16.4. The lowest BCUT2D eigenvalue weighted by Crippen LogP contribution is -2.13. The van der Waals surface area contributed by atoms with Crippen molar-refractivity contribution in [2.75, 3.05) is 0 Å². The van der Waals surface area contributed by atoms with Crippen molar-refractivity contribution < 1.29 is 16.8 Å². The van der Waals surface area contributed by atoms with Crippen LogP contribution in [0.15, 0.2) is 70.8 Å². The van der Waals surface area contributed by atoms with Gasteiger partial charge in [0.05, 0.1) is 4.90 Å². The van der Waals surface area contributed by atoms with Crippen LogP contribution in [0.5, 0.6) is 0 Å². The molecule has 11 heteroatoms. The molecule has 0 aliphatic carbocycles. The molecule has 0 amide bonds. The molecule has 1 aromatic carbocycles. The SMILES string of the molecule is NS(=O)(=O)c1cccc(-c2cc3c(-c4ccnc(S(N)(=O)=O)c4)ccnc3[nH]2)c1. The predicted octanol–water partition coefficient (Wildman–Crippen LogP) is 1.59. The minimum atomic E-state index is -3.95. The van der Waals surface area contributed by atoms with Crippen molar-refractivity contribution in [3.8, 4) is 22.4 Å². The standard InChI is InChI=1S/C18H15N5O4S2/c19-28(24,25)13-3-1-2-12(8-13)16-10-15-14(5-7-22-18(15)23-16)11-4-6-21-17(9-11)29(20,26)27/h1-10H,(H,22,23)(H2,19,24,25)(H2,20,26,27). The number of pyridine rings is 2. The third-order valence-corrected chi connectivity index (χ3v) is 6.06. The number of nitrogens with two attached hydrogens (primary N) is 2. The highest BCUT2D eigenvalue weighted by atomic mass is 32.2. The number of nitrogens with one attached hydrogen (secondary N) is 1. The van der Waals surface area contributed by atoms with Crippen molar-refractivity contribution in [3.63, 3.8) is 0 Å². The molecule has 3 aromatic heterocycles. The molecule has 0 spiro atoms. The van der Waals surface area contributed by atoms with Crippen LogP contribution in [0, 0.1) is 0 Å². The van der Waals surface area contributed by atoms with Gasteiger partial charge in [-0.05, 0) is 53.1 Å².